The van der Waals surface area contributed by atoms with Crippen LogP contribution < -0.4 is 5.73 Å². The monoisotopic (exact) mass is 239 g/mol. The van der Waals surface area contributed by atoms with Crippen molar-refractivity contribution in [3.05, 3.63) is 40.9 Å². The van der Waals surface area contributed by atoms with E-state index in [1.54, 1.807) is 12.1 Å². The van der Waals surface area contributed by atoms with Crippen molar-refractivity contribution in [2.45, 2.75) is 19.3 Å². The molecule has 0 saturated heterocycles. The third kappa shape index (κ3) is 4.36. The number of aryl methyl sites for hydroxylation is 1. The van der Waals surface area contributed by atoms with Gasteiger partial charge in [0.25, 0.3) is 0 Å². The van der Waals surface area contributed by atoms with Gasteiger partial charge in [0.1, 0.15) is 0 Å². The van der Waals surface area contributed by atoms with E-state index in [-0.39, 0.29) is 0 Å². The lowest BCUT2D eigenvalue weighted by Crippen LogP contribution is -1.91. The first kappa shape index (κ1) is 12.6. The molecule has 0 aliphatic heterocycles. The largest absolute Gasteiger partial charge is 0.478 e. The molecule has 0 fully saturated rings. The van der Waals surface area contributed by atoms with Gasteiger partial charge in [-0.1, -0.05) is 23.7 Å². The second-order valence-corrected chi connectivity index (χ2v) is 3.90. The molecular formula is C12H14ClNO2. The van der Waals surface area contributed by atoms with Gasteiger partial charge in [-0.3, -0.25) is 0 Å². The Morgan fingerprint density at radius 1 is 1.50 bits per heavy atom. The lowest BCUT2D eigenvalue weighted by Gasteiger charge is -2.02. The molecule has 86 valence electrons. The summed E-state index contributed by atoms with van der Waals surface area (Å²) in [5.41, 5.74) is 7.37. The van der Waals surface area contributed by atoms with Gasteiger partial charge in [0.2, 0.25) is 0 Å². The zero-order valence-electron chi connectivity index (χ0n) is 8.82. The fraction of sp³-hybridized carbons (Fsp3) is 0.250. The standard InChI is InChI=1S/C12H14ClNO2/c13-10-7-6-9(8-11(10)14)4-2-1-3-5-12(15)16/h3,5-8H,1-2,4,14H2,(H,15,16). The summed E-state index contributed by atoms with van der Waals surface area (Å²) in [4.78, 5) is 10.2. The lowest BCUT2D eigenvalue weighted by atomic mass is 10.1. The number of carboxylic acids is 1. The van der Waals surface area contributed by atoms with Crippen LogP contribution in [0.1, 0.15) is 18.4 Å². The zero-order chi connectivity index (χ0) is 12.0. The average molecular weight is 240 g/mol. The van der Waals surface area contributed by atoms with Gasteiger partial charge in [-0.2, -0.15) is 0 Å². The van der Waals surface area contributed by atoms with Crippen molar-refractivity contribution in [1.82, 2.24) is 0 Å². The van der Waals surface area contributed by atoms with Crippen LogP contribution in [-0.4, -0.2) is 11.1 Å². The van der Waals surface area contributed by atoms with Gasteiger partial charge in [-0.05, 0) is 37.0 Å². The Morgan fingerprint density at radius 2 is 2.25 bits per heavy atom. The van der Waals surface area contributed by atoms with Crippen LogP contribution in [0.15, 0.2) is 30.4 Å². The van der Waals surface area contributed by atoms with E-state index >= 15 is 0 Å². The molecule has 0 atom stereocenters. The molecule has 0 aromatic heterocycles. The third-order valence-corrected chi connectivity index (χ3v) is 2.50. The summed E-state index contributed by atoms with van der Waals surface area (Å²) in [6.07, 6.45) is 5.32. The SMILES string of the molecule is Nc1cc(CCCC=CC(=O)O)ccc1Cl. The number of nitrogens with two attached hydrogens (primary N) is 1. The number of carbonyl (C=O) groups is 1. The number of aliphatic carboxylic acids is 1. The van der Waals surface area contributed by atoms with Crippen LogP contribution in [0.5, 0.6) is 0 Å². The van der Waals surface area contributed by atoms with E-state index in [1.807, 2.05) is 12.1 Å². The fourth-order valence-electron chi connectivity index (χ4n) is 1.36. The molecule has 0 bridgehead atoms. The summed E-state index contributed by atoms with van der Waals surface area (Å²) < 4.78 is 0. The normalized spacial score (nSPS) is 10.8. The molecular weight excluding hydrogens is 226 g/mol. The first-order valence-electron chi connectivity index (χ1n) is 5.03. The van der Waals surface area contributed by atoms with Crippen molar-refractivity contribution in [2.75, 3.05) is 5.73 Å². The maximum Gasteiger partial charge on any atom is 0.327 e. The molecule has 0 aliphatic carbocycles. The smallest absolute Gasteiger partial charge is 0.327 e. The van der Waals surface area contributed by atoms with Crippen LogP contribution in [0.2, 0.25) is 5.02 Å². The van der Waals surface area contributed by atoms with Crippen molar-refractivity contribution in [2.24, 2.45) is 0 Å². The van der Waals surface area contributed by atoms with Crippen molar-refractivity contribution >= 4 is 23.3 Å². The molecule has 0 saturated carbocycles. The molecule has 0 spiro atoms. The minimum atomic E-state index is -0.907. The molecule has 0 amide bonds. The van der Waals surface area contributed by atoms with E-state index in [1.165, 1.54) is 0 Å². The summed E-state index contributed by atoms with van der Waals surface area (Å²) in [6, 6.07) is 5.56. The number of nitrogen functional groups attached to an aromatic ring is 1. The van der Waals surface area contributed by atoms with Crippen molar-refractivity contribution in [1.29, 1.82) is 0 Å². The van der Waals surface area contributed by atoms with Gasteiger partial charge in [0.15, 0.2) is 0 Å². The van der Waals surface area contributed by atoms with Crippen LogP contribution in [0.25, 0.3) is 0 Å². The van der Waals surface area contributed by atoms with Gasteiger partial charge in [0, 0.05) is 6.08 Å². The van der Waals surface area contributed by atoms with E-state index in [0.717, 1.165) is 30.9 Å². The summed E-state index contributed by atoms with van der Waals surface area (Å²) in [7, 11) is 0. The van der Waals surface area contributed by atoms with Gasteiger partial charge < -0.3 is 10.8 Å². The van der Waals surface area contributed by atoms with Crippen LogP contribution >= 0.6 is 11.6 Å². The Kier molecular flexibility index (Phi) is 4.86. The van der Waals surface area contributed by atoms with Gasteiger partial charge in [-0.15, -0.1) is 0 Å². The van der Waals surface area contributed by atoms with Crippen molar-refractivity contribution < 1.29 is 9.90 Å². The summed E-state index contributed by atoms with van der Waals surface area (Å²) in [6.45, 7) is 0. The number of rotatable bonds is 5. The number of allylic oxidation sites excluding steroid dienone is 1. The van der Waals surface area contributed by atoms with Crippen LogP contribution in [-0.2, 0) is 11.2 Å². The Bertz CT molecular complexity index is 402. The van der Waals surface area contributed by atoms with E-state index in [9.17, 15) is 4.79 Å². The Labute approximate surface area is 99.5 Å². The molecule has 1 rings (SSSR count). The first-order valence-corrected chi connectivity index (χ1v) is 5.41. The molecule has 1 aromatic carbocycles. The summed E-state index contributed by atoms with van der Waals surface area (Å²) >= 11 is 5.80. The Morgan fingerprint density at radius 3 is 2.88 bits per heavy atom. The molecule has 0 radical (unpaired) electrons. The summed E-state index contributed by atoms with van der Waals surface area (Å²) in [5, 5.41) is 8.94. The van der Waals surface area contributed by atoms with E-state index in [2.05, 4.69) is 0 Å². The fourth-order valence-corrected chi connectivity index (χ4v) is 1.47. The highest BCUT2D eigenvalue weighted by molar-refractivity contribution is 6.33. The number of anilines is 1. The number of hydrogen-bond acceptors (Lipinski definition) is 2. The molecule has 3 N–H and O–H groups in total. The number of unbranched alkanes of at least 4 members (excludes halogenated alkanes) is 1. The third-order valence-electron chi connectivity index (χ3n) is 2.16. The second kappa shape index (κ2) is 6.18. The van der Waals surface area contributed by atoms with Crippen LogP contribution in [0.3, 0.4) is 0 Å². The lowest BCUT2D eigenvalue weighted by molar-refractivity contribution is -0.131. The minimum Gasteiger partial charge on any atom is -0.478 e. The van der Waals surface area contributed by atoms with Crippen molar-refractivity contribution in [3.63, 3.8) is 0 Å². The highest BCUT2D eigenvalue weighted by Crippen LogP contribution is 2.20. The topological polar surface area (TPSA) is 63.3 Å². The van der Waals surface area contributed by atoms with Gasteiger partial charge in [0.05, 0.1) is 10.7 Å². The Balaban J connectivity index is 2.37. The highest BCUT2D eigenvalue weighted by Gasteiger charge is 1.97. The molecule has 0 aliphatic rings. The number of hydrogen-bond donors (Lipinski definition) is 2. The predicted octanol–water partition coefficient (Wildman–Crippen LogP) is 2.89. The van der Waals surface area contributed by atoms with Gasteiger partial charge >= 0.3 is 5.97 Å². The van der Waals surface area contributed by atoms with E-state index < -0.39 is 5.97 Å². The van der Waals surface area contributed by atoms with Crippen LogP contribution in [0.4, 0.5) is 5.69 Å². The molecule has 4 heteroatoms. The zero-order valence-corrected chi connectivity index (χ0v) is 9.57. The maximum atomic E-state index is 10.2. The number of carboxylic acid groups (broad SMARTS) is 1. The average Bonchev–Trinajstić information content (AvgIpc) is 2.22. The minimum absolute atomic E-state index is 0.564. The van der Waals surface area contributed by atoms with Crippen molar-refractivity contribution in [3.8, 4) is 0 Å². The second-order valence-electron chi connectivity index (χ2n) is 3.49. The quantitative estimate of drug-likeness (QED) is 0.472. The molecule has 1 aromatic rings. The molecule has 16 heavy (non-hydrogen) atoms. The van der Waals surface area contributed by atoms with E-state index in [4.69, 9.17) is 22.4 Å². The number of halogens is 1. The molecule has 0 heterocycles. The van der Waals surface area contributed by atoms with Gasteiger partial charge in [-0.25, -0.2) is 4.79 Å². The maximum absolute atomic E-state index is 10.2. The predicted molar refractivity (Wildman–Crippen MR) is 65.6 cm³/mol. The highest BCUT2D eigenvalue weighted by atomic mass is 35.5. The molecule has 3 nitrogen and oxygen atoms in total. The molecule has 0 unspecified atom stereocenters. The Hall–Kier alpha value is -1.48. The van der Waals surface area contributed by atoms with Crippen LogP contribution in [0, 0.1) is 0 Å². The van der Waals surface area contributed by atoms with E-state index in [0.29, 0.717) is 10.7 Å². The summed E-state index contributed by atoms with van der Waals surface area (Å²) in [5.74, 6) is -0.907. The number of benzene rings is 1. The first-order chi connectivity index (χ1) is 7.59.